The molecule has 5 rings (SSSR count). The third kappa shape index (κ3) is 1.23. The minimum Gasteiger partial charge on any atom is -0.362 e. The van der Waals surface area contributed by atoms with Crippen molar-refractivity contribution >= 4 is 11.6 Å². The first-order chi connectivity index (χ1) is 10.2. The van der Waals surface area contributed by atoms with E-state index in [4.69, 9.17) is 4.74 Å². The van der Waals surface area contributed by atoms with Crippen LogP contribution in [0.25, 0.3) is 0 Å². The molecule has 1 aromatic rings. The molecule has 4 nitrogen and oxygen atoms in total. The summed E-state index contributed by atoms with van der Waals surface area (Å²) in [7, 11) is 0. The molecule has 2 saturated heterocycles. The SMILES string of the molecule is CC[C@@]12C=C[C@@]3(O1)[C@@H](CN1C(=O)c4ccccc4N[C@H]13)C2. The number of rotatable bonds is 1. The number of fused-ring (bicyclic) bond motifs is 3. The van der Waals surface area contributed by atoms with E-state index in [1.807, 2.05) is 29.2 Å². The number of benzene rings is 1. The van der Waals surface area contributed by atoms with Gasteiger partial charge in [0.05, 0.1) is 11.2 Å². The molecule has 4 aliphatic heterocycles. The van der Waals surface area contributed by atoms with Crippen LogP contribution in [-0.4, -0.2) is 34.7 Å². The maximum Gasteiger partial charge on any atom is 0.257 e. The molecule has 1 N–H and O–H groups in total. The molecule has 0 radical (unpaired) electrons. The number of nitrogens with zero attached hydrogens (tertiary/aromatic N) is 1. The molecule has 0 aromatic heterocycles. The Balaban J connectivity index is 1.61. The number of para-hydroxylation sites is 1. The Bertz CT molecular complexity index is 685. The summed E-state index contributed by atoms with van der Waals surface area (Å²) >= 11 is 0. The molecule has 0 saturated carbocycles. The van der Waals surface area contributed by atoms with Crippen molar-refractivity contribution in [3.63, 3.8) is 0 Å². The number of amides is 1. The van der Waals surface area contributed by atoms with E-state index < -0.39 is 0 Å². The first-order valence-corrected chi connectivity index (χ1v) is 7.75. The lowest BCUT2D eigenvalue weighted by Gasteiger charge is -2.39. The molecule has 4 atom stereocenters. The van der Waals surface area contributed by atoms with E-state index in [1.54, 1.807) is 0 Å². The molecule has 0 unspecified atom stereocenters. The Morgan fingerprint density at radius 2 is 2.24 bits per heavy atom. The largest absolute Gasteiger partial charge is 0.362 e. The van der Waals surface area contributed by atoms with Crippen LogP contribution < -0.4 is 5.32 Å². The second-order valence-electron chi connectivity index (χ2n) is 6.66. The monoisotopic (exact) mass is 282 g/mol. The second-order valence-corrected chi connectivity index (χ2v) is 6.66. The van der Waals surface area contributed by atoms with Crippen LogP contribution in [0, 0.1) is 5.92 Å². The first-order valence-electron chi connectivity index (χ1n) is 7.75. The van der Waals surface area contributed by atoms with Crippen molar-refractivity contribution < 1.29 is 9.53 Å². The van der Waals surface area contributed by atoms with Gasteiger partial charge in [-0.25, -0.2) is 0 Å². The fraction of sp³-hybridized carbons (Fsp3) is 0.471. The molecule has 0 aliphatic carbocycles. The zero-order chi connectivity index (χ0) is 14.2. The topological polar surface area (TPSA) is 41.6 Å². The molecule has 4 aliphatic rings. The van der Waals surface area contributed by atoms with Crippen molar-refractivity contribution in [1.82, 2.24) is 4.90 Å². The Hall–Kier alpha value is -1.81. The zero-order valence-electron chi connectivity index (χ0n) is 12.0. The quantitative estimate of drug-likeness (QED) is 0.804. The fourth-order valence-corrected chi connectivity index (χ4v) is 4.59. The van der Waals surface area contributed by atoms with Gasteiger partial charge in [-0.15, -0.1) is 0 Å². The highest BCUT2D eigenvalue weighted by Crippen LogP contribution is 2.57. The summed E-state index contributed by atoms with van der Waals surface area (Å²) in [5.74, 6) is 0.530. The number of ether oxygens (including phenoxy) is 1. The average molecular weight is 282 g/mol. The smallest absolute Gasteiger partial charge is 0.257 e. The lowest BCUT2D eigenvalue weighted by molar-refractivity contribution is -0.0549. The normalized spacial score (nSPS) is 41.8. The predicted molar refractivity (Wildman–Crippen MR) is 79.0 cm³/mol. The first kappa shape index (κ1) is 11.8. The van der Waals surface area contributed by atoms with Crippen LogP contribution in [-0.2, 0) is 4.74 Å². The van der Waals surface area contributed by atoms with Gasteiger partial charge in [-0.3, -0.25) is 4.79 Å². The summed E-state index contributed by atoms with van der Waals surface area (Å²) in [6.45, 7) is 2.97. The lowest BCUT2D eigenvalue weighted by atomic mass is 9.79. The number of hydrogen-bond donors (Lipinski definition) is 1. The standard InChI is InChI=1S/C17H18N2O2/c1-2-16-7-8-17(21-16)11(9-16)10-19-14(20)12-5-3-4-6-13(12)18-15(17)19/h3-8,11,15,18H,2,9-10H2,1H3/t11-,15-,16+,17-/m1/s1. The van der Waals surface area contributed by atoms with E-state index in [2.05, 4.69) is 24.4 Å². The Labute approximate surface area is 123 Å². The van der Waals surface area contributed by atoms with Crippen LogP contribution in [0.3, 0.4) is 0 Å². The Kier molecular flexibility index (Phi) is 1.97. The van der Waals surface area contributed by atoms with Crippen molar-refractivity contribution in [2.45, 2.75) is 37.1 Å². The highest BCUT2D eigenvalue weighted by atomic mass is 16.5. The van der Waals surface area contributed by atoms with E-state index in [1.165, 1.54) is 0 Å². The van der Waals surface area contributed by atoms with Crippen molar-refractivity contribution in [2.75, 3.05) is 11.9 Å². The minimum atomic E-state index is -0.334. The van der Waals surface area contributed by atoms with Crippen LogP contribution in [0.4, 0.5) is 5.69 Å². The van der Waals surface area contributed by atoms with Crippen LogP contribution >= 0.6 is 0 Å². The number of hydrogen-bond acceptors (Lipinski definition) is 3. The van der Waals surface area contributed by atoms with E-state index in [0.29, 0.717) is 5.92 Å². The molecule has 4 heteroatoms. The molecular weight excluding hydrogens is 264 g/mol. The van der Waals surface area contributed by atoms with Crippen LogP contribution in [0.5, 0.6) is 0 Å². The molecular formula is C17H18N2O2. The van der Waals surface area contributed by atoms with Crippen molar-refractivity contribution in [1.29, 1.82) is 0 Å². The van der Waals surface area contributed by atoms with Gasteiger partial charge in [0.25, 0.3) is 5.91 Å². The van der Waals surface area contributed by atoms with E-state index in [0.717, 1.165) is 30.6 Å². The molecule has 21 heavy (non-hydrogen) atoms. The number of nitrogens with one attached hydrogen (secondary N) is 1. The molecule has 4 heterocycles. The maximum atomic E-state index is 12.8. The molecule has 1 spiro atoms. The third-order valence-electron chi connectivity index (χ3n) is 5.72. The van der Waals surface area contributed by atoms with Gasteiger partial charge in [-0.1, -0.05) is 25.1 Å². The fourth-order valence-electron chi connectivity index (χ4n) is 4.59. The van der Waals surface area contributed by atoms with Crippen molar-refractivity contribution in [2.24, 2.45) is 5.92 Å². The van der Waals surface area contributed by atoms with Crippen molar-refractivity contribution in [3.8, 4) is 0 Å². The summed E-state index contributed by atoms with van der Waals surface area (Å²) in [5, 5.41) is 3.55. The molecule has 2 fully saturated rings. The van der Waals surface area contributed by atoms with Gasteiger partial charge < -0.3 is 15.0 Å². The molecule has 1 amide bonds. The molecule has 108 valence electrons. The Morgan fingerprint density at radius 1 is 1.38 bits per heavy atom. The summed E-state index contributed by atoms with van der Waals surface area (Å²) in [5.41, 5.74) is 1.27. The zero-order valence-corrected chi connectivity index (χ0v) is 12.0. The summed E-state index contributed by atoms with van der Waals surface area (Å²) in [6.07, 6.45) is 6.39. The Morgan fingerprint density at radius 3 is 3.10 bits per heavy atom. The van der Waals surface area contributed by atoms with E-state index in [9.17, 15) is 4.79 Å². The minimum absolute atomic E-state index is 0.0722. The maximum absolute atomic E-state index is 12.8. The number of carbonyl (C=O) groups excluding carboxylic acids is 1. The van der Waals surface area contributed by atoms with Crippen LogP contribution in [0.1, 0.15) is 30.1 Å². The number of anilines is 1. The third-order valence-corrected chi connectivity index (χ3v) is 5.72. The number of carbonyl (C=O) groups is 1. The van der Waals surface area contributed by atoms with Gasteiger partial charge >= 0.3 is 0 Å². The van der Waals surface area contributed by atoms with Gasteiger partial charge in [-0.2, -0.15) is 0 Å². The lowest BCUT2D eigenvalue weighted by Crippen LogP contribution is -2.54. The van der Waals surface area contributed by atoms with Crippen LogP contribution in [0.15, 0.2) is 36.4 Å². The van der Waals surface area contributed by atoms with Crippen LogP contribution in [0.2, 0.25) is 0 Å². The van der Waals surface area contributed by atoms with Gasteiger partial charge in [0, 0.05) is 18.2 Å². The molecule has 1 aromatic carbocycles. The van der Waals surface area contributed by atoms with Gasteiger partial charge in [0.1, 0.15) is 11.8 Å². The summed E-state index contributed by atoms with van der Waals surface area (Å²) in [6, 6.07) is 7.76. The van der Waals surface area contributed by atoms with E-state index in [-0.39, 0.29) is 23.3 Å². The highest BCUT2D eigenvalue weighted by molar-refractivity contribution is 6.02. The average Bonchev–Trinajstić information content (AvgIpc) is 3.13. The summed E-state index contributed by atoms with van der Waals surface area (Å²) < 4.78 is 6.49. The van der Waals surface area contributed by atoms with Gasteiger partial charge in [-0.05, 0) is 31.1 Å². The highest BCUT2D eigenvalue weighted by Gasteiger charge is 2.67. The van der Waals surface area contributed by atoms with Gasteiger partial charge in [0.2, 0.25) is 0 Å². The van der Waals surface area contributed by atoms with Gasteiger partial charge in [0.15, 0.2) is 0 Å². The molecule has 2 bridgehead atoms. The summed E-state index contributed by atoms with van der Waals surface area (Å²) in [4.78, 5) is 14.7. The predicted octanol–water partition coefficient (Wildman–Crippen LogP) is 2.39. The van der Waals surface area contributed by atoms with E-state index >= 15 is 0 Å². The van der Waals surface area contributed by atoms with Crippen molar-refractivity contribution in [3.05, 3.63) is 42.0 Å². The second kappa shape index (κ2) is 3.50.